The van der Waals surface area contributed by atoms with Gasteiger partial charge < -0.3 is 19.3 Å². The van der Waals surface area contributed by atoms with Gasteiger partial charge >= 0.3 is 5.97 Å². The monoisotopic (exact) mass is 435 g/mol. The van der Waals surface area contributed by atoms with E-state index >= 15 is 0 Å². The molecule has 0 atom stereocenters. The average molecular weight is 436 g/mol. The molecule has 2 aliphatic heterocycles. The fourth-order valence-corrected chi connectivity index (χ4v) is 3.77. The maximum Gasteiger partial charge on any atom is 0.332 e. The first-order valence-electron chi connectivity index (χ1n) is 9.84. The molecule has 1 saturated heterocycles. The molecule has 1 fully saturated rings. The third kappa shape index (κ3) is 5.11. The fraction of sp³-hybridized carbons (Fsp3) is 0.500. The zero-order chi connectivity index (χ0) is 21.7. The van der Waals surface area contributed by atoms with Crippen LogP contribution in [0.5, 0.6) is 0 Å². The molecule has 1 aromatic carbocycles. The van der Waals surface area contributed by atoms with E-state index in [1.165, 1.54) is 4.90 Å². The van der Waals surface area contributed by atoms with Crippen LogP contribution < -0.4 is 4.72 Å². The number of carbonyl (C=O) groups excluding carboxylic acids is 4. The molecule has 10 heteroatoms. The van der Waals surface area contributed by atoms with Crippen LogP contribution in [0.15, 0.2) is 18.2 Å². The number of fused-ring (bicyclic) bond motifs is 1. The molecule has 0 unspecified atom stereocenters. The van der Waals surface area contributed by atoms with Crippen molar-refractivity contribution in [3.05, 3.63) is 34.9 Å². The van der Waals surface area contributed by atoms with E-state index in [-0.39, 0.29) is 43.5 Å². The van der Waals surface area contributed by atoms with Crippen molar-refractivity contribution in [3.63, 3.8) is 0 Å². The van der Waals surface area contributed by atoms with Crippen molar-refractivity contribution in [2.75, 3.05) is 32.8 Å². The summed E-state index contributed by atoms with van der Waals surface area (Å²) in [6, 6.07) is 4.82. The maximum absolute atomic E-state index is 12.7. The van der Waals surface area contributed by atoms with Crippen LogP contribution >= 0.6 is 12.8 Å². The van der Waals surface area contributed by atoms with Crippen LogP contribution in [0.25, 0.3) is 0 Å². The van der Waals surface area contributed by atoms with Crippen LogP contribution in [0.3, 0.4) is 0 Å². The Morgan fingerprint density at radius 1 is 1.23 bits per heavy atom. The van der Waals surface area contributed by atoms with E-state index in [0.717, 1.165) is 0 Å². The molecule has 3 amide bonds. The quantitative estimate of drug-likeness (QED) is 0.485. The number of benzene rings is 1. The Labute approximate surface area is 180 Å². The van der Waals surface area contributed by atoms with Gasteiger partial charge in [0.05, 0.1) is 12.7 Å². The second kappa shape index (κ2) is 9.94. The Bertz CT molecular complexity index is 838. The van der Waals surface area contributed by atoms with Gasteiger partial charge in [-0.05, 0) is 43.5 Å². The summed E-state index contributed by atoms with van der Waals surface area (Å²) in [5, 5.41) is 0. The average Bonchev–Trinajstić information content (AvgIpc) is 3.06. The van der Waals surface area contributed by atoms with Gasteiger partial charge in [0.2, 0.25) is 5.91 Å². The van der Waals surface area contributed by atoms with Crippen LogP contribution in [0.1, 0.15) is 46.0 Å². The van der Waals surface area contributed by atoms with Crippen LogP contribution in [0.2, 0.25) is 0 Å². The molecule has 3 rings (SSSR count). The van der Waals surface area contributed by atoms with Gasteiger partial charge in [-0.3, -0.25) is 19.1 Å². The lowest BCUT2D eigenvalue weighted by molar-refractivity contribution is -0.152. The molecule has 30 heavy (non-hydrogen) atoms. The number of esters is 1. The van der Waals surface area contributed by atoms with Gasteiger partial charge in [0.1, 0.15) is 13.2 Å². The van der Waals surface area contributed by atoms with E-state index in [2.05, 4.69) is 17.5 Å². The molecule has 0 radical (unpaired) electrons. The number of likely N-dealkylation sites (tertiary alicyclic amines) is 1. The van der Waals surface area contributed by atoms with E-state index in [1.807, 2.05) is 0 Å². The van der Waals surface area contributed by atoms with Crippen LogP contribution in [-0.4, -0.2) is 72.4 Å². The van der Waals surface area contributed by atoms with E-state index in [9.17, 15) is 19.2 Å². The third-order valence-electron chi connectivity index (χ3n) is 5.21. The Morgan fingerprint density at radius 3 is 2.63 bits per heavy atom. The summed E-state index contributed by atoms with van der Waals surface area (Å²) in [6.07, 6.45) is 1.16. The minimum Gasteiger partial charge on any atom is -0.464 e. The molecule has 1 N–H and O–H groups in total. The topological polar surface area (TPSA) is 105 Å². The fourth-order valence-electron chi connectivity index (χ4n) is 3.64. The highest BCUT2D eigenvalue weighted by Crippen LogP contribution is 2.24. The molecular weight excluding hydrogens is 410 g/mol. The summed E-state index contributed by atoms with van der Waals surface area (Å²) in [4.78, 5) is 51.6. The molecule has 9 nitrogen and oxygen atoms in total. The molecule has 2 heterocycles. The number of nitrogens with zero attached hydrogens (tertiary/aromatic N) is 2. The highest BCUT2D eigenvalue weighted by atomic mass is 32.1. The van der Waals surface area contributed by atoms with Crippen LogP contribution in [0.4, 0.5) is 0 Å². The first kappa shape index (κ1) is 22.1. The third-order valence-corrected chi connectivity index (χ3v) is 5.41. The standard InChI is InChI=1S/C20H25N3O6S/c1-2-28-18(25)12-29-15-5-7-22(8-6-15)17(24)11-23-10-14-9-13(19(26)21-30)3-4-16(14)20(23)27/h3-4,9,15,30H,2,5-8,10-12H2,1H3,(H,21,26). The van der Waals surface area contributed by atoms with Gasteiger partial charge in [0, 0.05) is 30.8 Å². The number of carbonyl (C=O) groups is 4. The summed E-state index contributed by atoms with van der Waals surface area (Å²) in [5.41, 5.74) is 1.63. The SMILES string of the molecule is CCOC(=O)COC1CCN(C(=O)CN2Cc3cc(C(=O)NS)ccc3C2=O)CC1. The highest BCUT2D eigenvalue weighted by molar-refractivity contribution is 7.78. The smallest absolute Gasteiger partial charge is 0.332 e. The molecule has 0 aliphatic carbocycles. The minimum atomic E-state index is -0.391. The number of nitrogens with one attached hydrogen (secondary N) is 1. The predicted octanol–water partition coefficient (Wildman–Crippen LogP) is 0.788. The molecule has 0 saturated carbocycles. The zero-order valence-corrected chi connectivity index (χ0v) is 17.7. The molecule has 2 aliphatic rings. The van der Waals surface area contributed by atoms with Crippen molar-refractivity contribution in [2.24, 2.45) is 0 Å². The number of piperidine rings is 1. The van der Waals surface area contributed by atoms with E-state index in [4.69, 9.17) is 9.47 Å². The summed E-state index contributed by atoms with van der Waals surface area (Å²) in [7, 11) is 0. The number of hydrogen-bond acceptors (Lipinski definition) is 7. The summed E-state index contributed by atoms with van der Waals surface area (Å²) >= 11 is 3.75. The van der Waals surface area contributed by atoms with Crippen molar-refractivity contribution in [1.29, 1.82) is 0 Å². The van der Waals surface area contributed by atoms with Crippen LogP contribution in [-0.2, 0) is 25.6 Å². The zero-order valence-electron chi connectivity index (χ0n) is 16.8. The Kier molecular flexibility index (Phi) is 7.33. The van der Waals surface area contributed by atoms with Crippen molar-refractivity contribution in [1.82, 2.24) is 14.5 Å². The predicted molar refractivity (Wildman–Crippen MR) is 110 cm³/mol. The lowest BCUT2D eigenvalue weighted by atomic mass is 10.1. The number of hydrogen-bond donors (Lipinski definition) is 2. The van der Waals surface area contributed by atoms with E-state index in [0.29, 0.717) is 49.2 Å². The van der Waals surface area contributed by atoms with Crippen molar-refractivity contribution < 1.29 is 28.7 Å². The summed E-state index contributed by atoms with van der Waals surface area (Å²) < 4.78 is 12.6. The van der Waals surface area contributed by atoms with Gasteiger partial charge in [-0.2, -0.15) is 0 Å². The number of amides is 3. The van der Waals surface area contributed by atoms with Gasteiger partial charge in [0.15, 0.2) is 0 Å². The Balaban J connectivity index is 1.49. The van der Waals surface area contributed by atoms with Gasteiger partial charge in [-0.15, -0.1) is 0 Å². The lowest BCUT2D eigenvalue weighted by Crippen LogP contribution is -2.45. The van der Waals surface area contributed by atoms with Crippen molar-refractivity contribution >= 4 is 36.5 Å². The Hall–Kier alpha value is -2.59. The molecule has 162 valence electrons. The number of thiol groups is 1. The second-order valence-electron chi connectivity index (χ2n) is 7.17. The molecule has 0 aromatic heterocycles. The molecule has 0 bridgehead atoms. The summed E-state index contributed by atoms with van der Waals surface area (Å²) in [5.74, 6) is -1.09. The van der Waals surface area contributed by atoms with E-state index < -0.39 is 5.97 Å². The van der Waals surface area contributed by atoms with Crippen molar-refractivity contribution in [3.8, 4) is 0 Å². The Morgan fingerprint density at radius 2 is 1.97 bits per heavy atom. The first-order chi connectivity index (χ1) is 14.4. The van der Waals surface area contributed by atoms with Gasteiger partial charge in [-0.1, -0.05) is 12.8 Å². The molecular formula is C20H25N3O6S. The van der Waals surface area contributed by atoms with Gasteiger partial charge in [0.25, 0.3) is 11.8 Å². The van der Waals surface area contributed by atoms with Crippen LogP contribution in [0, 0.1) is 0 Å². The second-order valence-corrected chi connectivity index (χ2v) is 7.39. The largest absolute Gasteiger partial charge is 0.464 e. The number of ether oxygens (including phenoxy) is 2. The normalized spacial score (nSPS) is 16.4. The molecule has 1 aromatic rings. The highest BCUT2D eigenvalue weighted by Gasteiger charge is 2.32. The molecule has 0 spiro atoms. The summed E-state index contributed by atoms with van der Waals surface area (Å²) in [6.45, 7) is 3.26. The maximum atomic E-state index is 12.7. The van der Waals surface area contributed by atoms with Gasteiger partial charge in [-0.25, -0.2) is 4.79 Å². The van der Waals surface area contributed by atoms with Crippen molar-refractivity contribution in [2.45, 2.75) is 32.4 Å². The van der Waals surface area contributed by atoms with E-state index in [1.54, 1.807) is 30.0 Å². The minimum absolute atomic E-state index is 0.0179. The first-order valence-corrected chi connectivity index (χ1v) is 10.3. The lowest BCUT2D eigenvalue weighted by Gasteiger charge is -2.32. The number of rotatable bonds is 7.